The van der Waals surface area contributed by atoms with Crippen molar-refractivity contribution < 1.29 is 63.1 Å². The number of hydrogen-bond acceptors (Lipinski definition) is 15. The van der Waals surface area contributed by atoms with Gasteiger partial charge in [-0.1, -0.05) is 127 Å². The second kappa shape index (κ2) is 35.2. The number of carbonyl (C=O) groups excluding carboxylic acids is 8. The number of aliphatic hydroxyl groups is 1. The summed E-state index contributed by atoms with van der Waals surface area (Å²) < 4.78 is 13.5. The molecule has 24 nitrogen and oxygen atoms in total. The Bertz CT molecular complexity index is 3250. The first kappa shape index (κ1) is 77.7. The number of nitrogens with zero attached hydrogens (tertiary/aromatic N) is 6. The third-order valence-corrected chi connectivity index (χ3v) is 18.3. The predicted molar refractivity (Wildman–Crippen MR) is 363 cm³/mol. The monoisotopic (exact) mass is 1320 g/mol. The molecular weight excluding hydrogens is 1210 g/mol. The van der Waals surface area contributed by atoms with Crippen LogP contribution in [0.25, 0.3) is 17.1 Å². The molecule has 8 amide bonds. The molecule has 1 unspecified atom stereocenters. The van der Waals surface area contributed by atoms with Gasteiger partial charge in [-0.05, 0) is 110 Å². The number of carbonyl (C=O) groups is 8. The largest absolute Gasteiger partial charge is 0.508 e. The van der Waals surface area contributed by atoms with Crippen LogP contribution in [0.5, 0.6) is 11.5 Å². The minimum absolute atomic E-state index is 0.0967. The first-order valence-electron chi connectivity index (χ1n) is 33.5. The fourth-order valence-electron chi connectivity index (χ4n) is 12.8. The number of aromatic hydroxyl groups is 2. The number of rotatable bonds is 33. The van der Waals surface area contributed by atoms with Crippen molar-refractivity contribution in [3.63, 3.8) is 0 Å². The Hall–Kier alpha value is -7.96. The van der Waals surface area contributed by atoms with Gasteiger partial charge in [0.15, 0.2) is 5.82 Å². The van der Waals surface area contributed by atoms with Gasteiger partial charge in [0.25, 0.3) is 11.8 Å². The molecule has 1 aliphatic heterocycles. The summed E-state index contributed by atoms with van der Waals surface area (Å²) in [5, 5.41) is 55.4. The lowest BCUT2D eigenvalue weighted by molar-refractivity contribution is -0.149. The van der Waals surface area contributed by atoms with Crippen LogP contribution in [0.3, 0.4) is 0 Å². The van der Waals surface area contributed by atoms with Gasteiger partial charge >= 0.3 is 0 Å². The van der Waals surface area contributed by atoms with Crippen molar-refractivity contribution in [2.45, 2.75) is 202 Å². The van der Waals surface area contributed by atoms with Crippen molar-refractivity contribution >= 4 is 47.3 Å². The number of benzene rings is 3. The van der Waals surface area contributed by atoms with Crippen LogP contribution in [0, 0.1) is 35.5 Å². The number of amides is 8. The Labute approximate surface area is 561 Å². The highest BCUT2D eigenvalue weighted by Crippen LogP contribution is 2.39. The maximum Gasteiger partial charge on any atom is 0.289 e. The molecule has 0 saturated carbocycles. The lowest BCUT2D eigenvalue weighted by atomic mass is 9.89. The second-order valence-corrected chi connectivity index (χ2v) is 27.2. The molecule has 24 heteroatoms. The van der Waals surface area contributed by atoms with Gasteiger partial charge in [0.2, 0.25) is 41.3 Å². The molecule has 0 aliphatic carbocycles. The number of ether oxygens (including phenoxy) is 2. The number of aliphatic hydroxyl groups excluding tert-OH is 1. The summed E-state index contributed by atoms with van der Waals surface area (Å²) in [5.41, 5.74) is 1.90. The number of likely N-dealkylation sites (N-methyl/N-ethyl adjacent to an activating group) is 2. The fraction of sp³-hybridized carbons (Fsp3) is 0.606. The molecule has 95 heavy (non-hydrogen) atoms. The Morgan fingerprint density at radius 1 is 0.684 bits per heavy atom. The van der Waals surface area contributed by atoms with Crippen LogP contribution in [0.15, 0.2) is 66.7 Å². The van der Waals surface area contributed by atoms with Gasteiger partial charge in [-0.3, -0.25) is 42.9 Å². The SMILES string of the molecule is CCNC(=O)c1nnc(-c2cc(C(C)C)c(O)cc2O)n1-c1ccc(C(=O)N[C@H](C(=O)N[C@@H](CC(C)C)C(=O)N(C)[C@@H](C(=O)N[C@H](C(=O)N(C)C([C@@H](C)CC)[C@@H](CC(=O)N2CCC[C@@H]2[C@@H](OC)[C@@H](C)C(=O)N[C@@H](C)[C@H](O)c2ccccc2)OC)C(C)C)C(C)C)C(C)C)cc1. The third kappa shape index (κ3) is 19.2. The van der Waals surface area contributed by atoms with E-state index in [4.69, 9.17) is 9.47 Å². The van der Waals surface area contributed by atoms with E-state index in [0.29, 0.717) is 42.6 Å². The summed E-state index contributed by atoms with van der Waals surface area (Å²) in [7, 11) is 6.15. The number of nitrogens with one attached hydrogen (secondary N) is 5. The van der Waals surface area contributed by atoms with E-state index in [1.54, 1.807) is 109 Å². The fourth-order valence-corrected chi connectivity index (χ4v) is 12.8. The average Bonchev–Trinajstić information content (AvgIpc) is 1.68. The Morgan fingerprint density at radius 2 is 1.32 bits per heavy atom. The number of aromatic nitrogens is 3. The van der Waals surface area contributed by atoms with Crippen LogP contribution >= 0.6 is 0 Å². The molecule has 3 aromatic carbocycles. The summed E-state index contributed by atoms with van der Waals surface area (Å²) in [6.45, 7) is 28.1. The molecule has 1 aliphatic rings. The molecule has 5 rings (SSSR count). The number of methoxy groups -OCH3 is 2. The van der Waals surface area contributed by atoms with E-state index in [1.807, 2.05) is 59.7 Å². The predicted octanol–water partition coefficient (Wildman–Crippen LogP) is 7.29. The first-order valence-corrected chi connectivity index (χ1v) is 33.5. The van der Waals surface area contributed by atoms with Crippen molar-refractivity contribution in [1.29, 1.82) is 0 Å². The molecule has 0 bridgehead atoms. The molecule has 2 heterocycles. The highest BCUT2D eigenvalue weighted by atomic mass is 16.5. The van der Waals surface area contributed by atoms with Crippen molar-refractivity contribution in [1.82, 2.24) is 56.0 Å². The van der Waals surface area contributed by atoms with E-state index in [2.05, 4.69) is 36.8 Å². The normalized spacial score (nSPS) is 16.9. The van der Waals surface area contributed by atoms with E-state index < -0.39 is 120 Å². The first-order chi connectivity index (χ1) is 44.8. The van der Waals surface area contributed by atoms with Crippen LogP contribution in [0.1, 0.15) is 180 Å². The van der Waals surface area contributed by atoms with E-state index in [0.717, 1.165) is 0 Å². The van der Waals surface area contributed by atoms with Crippen LogP contribution in [0.4, 0.5) is 0 Å². The molecule has 1 fully saturated rings. The third-order valence-electron chi connectivity index (χ3n) is 18.3. The number of likely N-dealkylation sites (tertiary alicyclic amines) is 1. The van der Waals surface area contributed by atoms with E-state index in [-0.39, 0.29) is 83.2 Å². The van der Waals surface area contributed by atoms with Gasteiger partial charge in [0.05, 0.1) is 54.3 Å². The molecule has 1 aromatic heterocycles. The highest BCUT2D eigenvalue weighted by Gasteiger charge is 2.45. The van der Waals surface area contributed by atoms with Gasteiger partial charge in [-0.2, -0.15) is 0 Å². The lowest BCUT2D eigenvalue weighted by Crippen LogP contribution is -2.62. The summed E-state index contributed by atoms with van der Waals surface area (Å²) in [6, 6.07) is 11.8. The Morgan fingerprint density at radius 3 is 1.86 bits per heavy atom. The zero-order chi connectivity index (χ0) is 71.0. The van der Waals surface area contributed by atoms with Crippen LogP contribution in [0.2, 0.25) is 0 Å². The molecule has 12 atom stereocenters. The molecule has 0 radical (unpaired) electrons. The molecule has 524 valence electrons. The maximum absolute atomic E-state index is 15.0. The van der Waals surface area contributed by atoms with E-state index in [9.17, 15) is 48.9 Å². The van der Waals surface area contributed by atoms with Crippen LogP contribution in [-0.4, -0.2) is 188 Å². The minimum atomic E-state index is -1.15. The molecular formula is C71H107N11O13. The molecule has 4 aromatic rings. The lowest BCUT2D eigenvalue weighted by Gasteiger charge is -2.41. The molecule has 0 spiro atoms. The Balaban J connectivity index is 1.31. The summed E-state index contributed by atoms with van der Waals surface area (Å²) in [6.07, 6.45) is -0.458. The average molecular weight is 1320 g/mol. The van der Waals surface area contributed by atoms with Crippen molar-refractivity contribution in [3.8, 4) is 28.6 Å². The summed E-state index contributed by atoms with van der Waals surface area (Å²) in [4.78, 5) is 119. The highest BCUT2D eigenvalue weighted by molar-refractivity contribution is 5.99. The van der Waals surface area contributed by atoms with Crippen molar-refractivity contribution in [3.05, 3.63) is 89.2 Å². The van der Waals surface area contributed by atoms with E-state index in [1.165, 1.54) is 48.9 Å². The minimum Gasteiger partial charge on any atom is -0.508 e. The van der Waals surface area contributed by atoms with Gasteiger partial charge < -0.3 is 66.1 Å². The second-order valence-electron chi connectivity index (χ2n) is 27.2. The molecule has 1 saturated heterocycles. The molecule has 8 N–H and O–H groups in total. The topological polar surface area (TPSA) is 316 Å². The van der Waals surface area contributed by atoms with Crippen LogP contribution < -0.4 is 26.6 Å². The summed E-state index contributed by atoms with van der Waals surface area (Å²) >= 11 is 0. The number of phenolic OH excluding ortho intramolecular Hbond substituents is 2. The van der Waals surface area contributed by atoms with Gasteiger partial charge in [-0.15, -0.1) is 10.2 Å². The van der Waals surface area contributed by atoms with Crippen molar-refractivity contribution in [2.24, 2.45) is 35.5 Å². The van der Waals surface area contributed by atoms with Crippen LogP contribution in [-0.2, 0) is 38.2 Å². The standard InChI is InChI=1S/C71H107N11O13/c1-20-43(13)60(55(94-18)37-56(85)81-33-25-28-52(81)62(95-19)44(14)65(87)73-45(15)61(86)46-26-23-22-24-27-46)80(17)71(93)58(41(9)10)76-68(90)59(42(11)12)79(16)70(92)51(34-38(3)4)74-67(89)57(40(7)8)75-66(88)47-29-31-48(32-30-47)82-63(77-78-64(82)69(91)72-21-2)50-35-49(39(5)6)53(83)36-54(50)84/h22-24,26-27,29-32,35-36,38-45,51-52,55,57-62,83-84,86H,20-21,25,28,33-34,37H2,1-19H3,(H,72,91)(H,73,87)(H,74,89)(H,75,88)(H,76,90)/t43-,44+,45-,51-,52+,55+,57-,58-,59+,60?,61-,62-/m0/s1. The van der Waals surface area contributed by atoms with Gasteiger partial charge in [0, 0.05) is 58.7 Å². The smallest absolute Gasteiger partial charge is 0.289 e. The quantitative estimate of drug-likeness (QED) is 0.0232. The summed E-state index contributed by atoms with van der Waals surface area (Å²) in [5.74, 6) is -6.93. The Kier molecular flexibility index (Phi) is 28.8. The number of phenols is 2. The number of hydrogen-bond donors (Lipinski definition) is 8. The van der Waals surface area contributed by atoms with Gasteiger partial charge in [-0.25, -0.2) is 0 Å². The zero-order valence-electron chi connectivity index (χ0n) is 59.2. The van der Waals surface area contributed by atoms with Gasteiger partial charge in [0.1, 0.15) is 35.7 Å². The zero-order valence-corrected chi connectivity index (χ0v) is 59.2. The van der Waals surface area contributed by atoms with E-state index >= 15 is 4.79 Å². The maximum atomic E-state index is 15.0. The van der Waals surface area contributed by atoms with Crippen molar-refractivity contribution in [2.75, 3.05) is 41.4 Å².